The van der Waals surface area contributed by atoms with Crippen LogP contribution in [0.3, 0.4) is 0 Å². The number of amides is 2. The van der Waals surface area contributed by atoms with Crippen LogP contribution in [0.5, 0.6) is 0 Å². The van der Waals surface area contributed by atoms with E-state index in [2.05, 4.69) is 0 Å². The maximum atomic E-state index is 12.8. The first-order valence-electron chi connectivity index (χ1n) is 9.41. The van der Waals surface area contributed by atoms with Crippen molar-refractivity contribution >= 4 is 27.7 Å². The minimum absolute atomic E-state index is 0.115. The van der Waals surface area contributed by atoms with Gasteiger partial charge in [0.25, 0.3) is 0 Å². The van der Waals surface area contributed by atoms with Crippen molar-refractivity contribution < 1.29 is 22.7 Å². The van der Waals surface area contributed by atoms with Crippen LogP contribution in [0.4, 0.5) is 10.5 Å². The number of sulfonamides is 1. The molecule has 0 unspecified atom stereocenters. The monoisotopic (exact) mass is 411 g/mol. The van der Waals surface area contributed by atoms with Crippen molar-refractivity contribution in [1.82, 2.24) is 9.80 Å². The minimum Gasteiger partial charge on any atom is -0.450 e. The second-order valence-corrected chi connectivity index (χ2v) is 8.96. The van der Waals surface area contributed by atoms with Crippen LogP contribution in [0.1, 0.15) is 32.3 Å². The lowest BCUT2D eigenvalue weighted by atomic mass is 10.0. The number of rotatable bonds is 6. The highest BCUT2D eigenvalue weighted by Gasteiger charge is 2.29. The number of anilines is 1. The van der Waals surface area contributed by atoms with Crippen molar-refractivity contribution in [3.8, 4) is 0 Å². The van der Waals surface area contributed by atoms with Crippen molar-refractivity contribution in [3.05, 3.63) is 29.8 Å². The summed E-state index contributed by atoms with van der Waals surface area (Å²) in [7, 11) is -3.64. The fourth-order valence-corrected chi connectivity index (χ4v) is 4.03. The highest BCUT2D eigenvalue weighted by Crippen LogP contribution is 2.29. The zero-order valence-corrected chi connectivity index (χ0v) is 17.7. The van der Waals surface area contributed by atoms with E-state index in [1.54, 1.807) is 28.9 Å². The molecule has 2 amide bonds. The van der Waals surface area contributed by atoms with Crippen LogP contribution >= 0.6 is 0 Å². The predicted molar refractivity (Wildman–Crippen MR) is 108 cm³/mol. The molecule has 28 heavy (non-hydrogen) atoms. The Morgan fingerprint density at radius 1 is 1.11 bits per heavy atom. The molecule has 2 rings (SSSR count). The second kappa shape index (κ2) is 9.27. The Morgan fingerprint density at radius 3 is 2.21 bits per heavy atom. The number of piperazine rings is 1. The van der Waals surface area contributed by atoms with E-state index in [4.69, 9.17) is 4.74 Å². The highest BCUT2D eigenvalue weighted by atomic mass is 32.2. The van der Waals surface area contributed by atoms with E-state index in [0.29, 0.717) is 38.5 Å². The number of ether oxygens (including phenoxy) is 1. The van der Waals surface area contributed by atoms with Gasteiger partial charge in [-0.1, -0.05) is 32.0 Å². The minimum atomic E-state index is -3.64. The van der Waals surface area contributed by atoms with Crippen LogP contribution < -0.4 is 4.31 Å². The van der Waals surface area contributed by atoms with E-state index < -0.39 is 16.1 Å². The molecular weight excluding hydrogens is 382 g/mol. The van der Waals surface area contributed by atoms with E-state index in [1.165, 1.54) is 4.31 Å². The van der Waals surface area contributed by atoms with Gasteiger partial charge in [0.05, 0.1) is 18.6 Å². The first kappa shape index (κ1) is 22.0. The largest absolute Gasteiger partial charge is 0.450 e. The predicted octanol–water partition coefficient (Wildman–Crippen LogP) is 1.88. The molecule has 0 radical (unpaired) electrons. The van der Waals surface area contributed by atoms with Gasteiger partial charge in [0.15, 0.2) is 0 Å². The maximum Gasteiger partial charge on any atom is 0.409 e. The number of para-hydroxylation sites is 1. The smallest absolute Gasteiger partial charge is 0.409 e. The van der Waals surface area contributed by atoms with Gasteiger partial charge in [0, 0.05) is 26.2 Å². The maximum absolute atomic E-state index is 12.8. The zero-order chi connectivity index (χ0) is 20.9. The molecule has 9 heteroatoms. The molecule has 0 N–H and O–H groups in total. The summed E-state index contributed by atoms with van der Waals surface area (Å²) in [4.78, 5) is 27.7. The van der Waals surface area contributed by atoms with Gasteiger partial charge >= 0.3 is 6.09 Å². The molecule has 1 heterocycles. The molecule has 1 fully saturated rings. The Bertz CT molecular complexity index is 802. The van der Waals surface area contributed by atoms with Crippen molar-refractivity contribution in [2.24, 2.45) is 0 Å². The summed E-state index contributed by atoms with van der Waals surface area (Å²) in [5.74, 6) is -0.170. The molecule has 1 saturated heterocycles. The fourth-order valence-electron chi connectivity index (χ4n) is 3.16. The first-order chi connectivity index (χ1) is 13.1. The molecule has 0 bridgehead atoms. The lowest BCUT2D eigenvalue weighted by Gasteiger charge is -2.35. The van der Waals surface area contributed by atoms with E-state index in [1.807, 2.05) is 26.0 Å². The SMILES string of the molecule is CCOC(=O)N1CCN(C(=O)CN(c2ccccc2C(C)C)S(C)(=O)=O)CC1. The Morgan fingerprint density at radius 2 is 1.68 bits per heavy atom. The van der Waals surface area contributed by atoms with Gasteiger partial charge in [-0.05, 0) is 24.5 Å². The summed E-state index contributed by atoms with van der Waals surface area (Å²) in [6.07, 6.45) is 0.717. The van der Waals surface area contributed by atoms with Crippen LogP contribution in [0.2, 0.25) is 0 Å². The van der Waals surface area contributed by atoms with Gasteiger partial charge in [-0.15, -0.1) is 0 Å². The van der Waals surface area contributed by atoms with Gasteiger partial charge in [-0.25, -0.2) is 13.2 Å². The van der Waals surface area contributed by atoms with E-state index >= 15 is 0 Å². The lowest BCUT2D eigenvalue weighted by Crippen LogP contribution is -2.53. The molecule has 0 aliphatic carbocycles. The summed E-state index contributed by atoms with van der Waals surface area (Å²) >= 11 is 0. The molecule has 0 spiro atoms. The van der Waals surface area contributed by atoms with E-state index in [9.17, 15) is 18.0 Å². The van der Waals surface area contributed by atoms with Crippen molar-refractivity contribution in [2.45, 2.75) is 26.7 Å². The average Bonchev–Trinajstić information content (AvgIpc) is 2.65. The Hall–Kier alpha value is -2.29. The number of benzene rings is 1. The van der Waals surface area contributed by atoms with Crippen LogP contribution in [-0.4, -0.2) is 75.8 Å². The van der Waals surface area contributed by atoms with Gasteiger partial charge in [0.1, 0.15) is 6.54 Å². The quantitative estimate of drug-likeness (QED) is 0.713. The number of hydrogen-bond acceptors (Lipinski definition) is 5. The molecule has 1 aromatic rings. The summed E-state index contributed by atoms with van der Waals surface area (Å²) in [5, 5.41) is 0. The first-order valence-corrected chi connectivity index (χ1v) is 11.3. The molecule has 156 valence electrons. The van der Waals surface area contributed by atoms with Crippen molar-refractivity contribution in [1.29, 1.82) is 0 Å². The number of nitrogens with zero attached hydrogens (tertiary/aromatic N) is 3. The third kappa shape index (κ3) is 5.37. The molecule has 0 aromatic heterocycles. The average molecular weight is 412 g/mol. The third-order valence-electron chi connectivity index (χ3n) is 4.67. The normalized spacial score (nSPS) is 14.9. The molecule has 1 aliphatic heterocycles. The standard InChI is InChI=1S/C19H29N3O5S/c1-5-27-19(24)21-12-10-20(11-13-21)18(23)14-22(28(4,25)26)17-9-7-6-8-16(17)15(2)3/h6-9,15H,5,10-14H2,1-4H3. The molecule has 1 aromatic carbocycles. The Labute approximate surface area is 167 Å². The van der Waals surface area contributed by atoms with Gasteiger partial charge < -0.3 is 14.5 Å². The molecular formula is C19H29N3O5S. The lowest BCUT2D eigenvalue weighted by molar-refractivity contribution is -0.131. The van der Waals surface area contributed by atoms with Crippen LogP contribution in [0.15, 0.2) is 24.3 Å². The van der Waals surface area contributed by atoms with Gasteiger partial charge in [0.2, 0.25) is 15.9 Å². The van der Waals surface area contributed by atoms with Gasteiger partial charge in [-0.3, -0.25) is 9.10 Å². The Balaban J connectivity index is 2.13. The molecule has 1 aliphatic rings. The summed E-state index contributed by atoms with van der Waals surface area (Å²) < 4.78 is 31.0. The van der Waals surface area contributed by atoms with Crippen molar-refractivity contribution in [2.75, 3.05) is 49.9 Å². The van der Waals surface area contributed by atoms with Crippen LogP contribution in [-0.2, 0) is 19.6 Å². The number of hydrogen-bond donors (Lipinski definition) is 0. The van der Waals surface area contributed by atoms with Crippen LogP contribution in [0, 0.1) is 0 Å². The van der Waals surface area contributed by atoms with Crippen LogP contribution in [0.25, 0.3) is 0 Å². The highest BCUT2D eigenvalue weighted by molar-refractivity contribution is 7.92. The fraction of sp³-hybridized carbons (Fsp3) is 0.579. The topological polar surface area (TPSA) is 87.2 Å². The van der Waals surface area contributed by atoms with E-state index in [-0.39, 0.29) is 18.4 Å². The number of carbonyl (C=O) groups is 2. The zero-order valence-electron chi connectivity index (χ0n) is 16.9. The number of carbonyl (C=O) groups excluding carboxylic acids is 2. The molecule has 0 saturated carbocycles. The Kier molecular flexibility index (Phi) is 7.29. The third-order valence-corrected chi connectivity index (χ3v) is 5.79. The summed E-state index contributed by atoms with van der Waals surface area (Å²) in [5.41, 5.74) is 1.39. The molecule has 8 nitrogen and oxygen atoms in total. The molecule has 0 atom stereocenters. The summed E-state index contributed by atoms with van der Waals surface area (Å²) in [6, 6.07) is 7.22. The second-order valence-electron chi connectivity index (χ2n) is 7.05. The van der Waals surface area contributed by atoms with Gasteiger partial charge in [-0.2, -0.15) is 0 Å². The summed E-state index contributed by atoms with van der Waals surface area (Å²) in [6.45, 7) is 7.18. The van der Waals surface area contributed by atoms with Crippen molar-refractivity contribution in [3.63, 3.8) is 0 Å². The van der Waals surface area contributed by atoms with E-state index in [0.717, 1.165) is 11.8 Å².